The Balaban J connectivity index is 1.71. The number of nitrogens with zero attached hydrogens (tertiary/aromatic N) is 4. The van der Waals surface area contributed by atoms with Crippen molar-refractivity contribution >= 4 is 21.7 Å². The van der Waals surface area contributed by atoms with Gasteiger partial charge in [0.15, 0.2) is 0 Å². The van der Waals surface area contributed by atoms with E-state index in [0.29, 0.717) is 0 Å². The summed E-state index contributed by atoms with van der Waals surface area (Å²) in [6.07, 6.45) is 7.72. The summed E-state index contributed by atoms with van der Waals surface area (Å²) in [5.74, 6) is 1.01. The van der Waals surface area contributed by atoms with Crippen molar-refractivity contribution < 1.29 is 0 Å². The fraction of sp³-hybridized carbons (Fsp3) is 0.667. The molecule has 0 radical (unpaired) electrons. The lowest BCUT2D eigenvalue weighted by Gasteiger charge is -2.44. The maximum absolute atomic E-state index is 4.44. The third kappa shape index (κ3) is 2.45. The van der Waals surface area contributed by atoms with Crippen LogP contribution in [0.2, 0.25) is 0 Å². The van der Waals surface area contributed by atoms with Crippen molar-refractivity contribution in [1.29, 1.82) is 0 Å². The Bertz CT molecular complexity index is 381. The lowest BCUT2D eigenvalue weighted by Crippen LogP contribution is -2.55. The highest BCUT2D eigenvalue weighted by molar-refractivity contribution is 9.10. The van der Waals surface area contributed by atoms with Crippen molar-refractivity contribution in [3.63, 3.8) is 0 Å². The van der Waals surface area contributed by atoms with Gasteiger partial charge in [0, 0.05) is 25.7 Å². The van der Waals surface area contributed by atoms with Gasteiger partial charge < -0.3 is 4.90 Å². The van der Waals surface area contributed by atoms with Gasteiger partial charge in [-0.25, -0.2) is 9.97 Å². The van der Waals surface area contributed by atoms with E-state index in [1.165, 1.54) is 32.4 Å². The summed E-state index contributed by atoms with van der Waals surface area (Å²) >= 11 is 3.32. The lowest BCUT2D eigenvalue weighted by molar-refractivity contribution is 0.133. The molecule has 2 aliphatic heterocycles. The van der Waals surface area contributed by atoms with E-state index < -0.39 is 0 Å². The topological polar surface area (TPSA) is 32.3 Å². The molecule has 3 heterocycles. The predicted octanol–water partition coefficient (Wildman–Crippen LogP) is 1.91. The van der Waals surface area contributed by atoms with Crippen molar-refractivity contribution in [2.45, 2.75) is 25.3 Å². The van der Waals surface area contributed by atoms with Gasteiger partial charge in [0.05, 0.1) is 12.4 Å². The van der Waals surface area contributed by atoms with E-state index in [1.807, 2.05) is 6.20 Å². The largest absolute Gasteiger partial charge is 0.352 e. The van der Waals surface area contributed by atoms with Crippen molar-refractivity contribution in [1.82, 2.24) is 14.9 Å². The van der Waals surface area contributed by atoms with Gasteiger partial charge in [-0.3, -0.25) is 4.90 Å². The summed E-state index contributed by atoms with van der Waals surface area (Å²) < 4.78 is 0.803. The maximum atomic E-state index is 4.44. The van der Waals surface area contributed by atoms with Gasteiger partial charge in [-0.05, 0) is 35.3 Å². The molecular weight excluding hydrogens is 280 g/mol. The Morgan fingerprint density at radius 2 is 2.06 bits per heavy atom. The molecule has 1 aromatic rings. The zero-order valence-corrected chi connectivity index (χ0v) is 11.4. The molecule has 0 aromatic carbocycles. The minimum absolute atomic E-state index is 0.725. The van der Waals surface area contributed by atoms with Crippen LogP contribution in [0, 0.1) is 0 Å². The SMILES string of the molecule is Brc1cnc(N2CCN3CCCCC3C2)cn1. The predicted molar refractivity (Wildman–Crippen MR) is 71.2 cm³/mol. The van der Waals surface area contributed by atoms with Crippen LogP contribution < -0.4 is 4.90 Å². The first-order valence-electron chi connectivity index (χ1n) is 6.29. The molecular formula is C12H17BrN4. The number of hydrogen-bond acceptors (Lipinski definition) is 4. The van der Waals surface area contributed by atoms with Gasteiger partial charge in [0.25, 0.3) is 0 Å². The Labute approximate surface area is 110 Å². The average Bonchev–Trinajstić information content (AvgIpc) is 2.39. The summed E-state index contributed by atoms with van der Waals surface area (Å²) in [7, 11) is 0. The zero-order chi connectivity index (χ0) is 11.7. The molecule has 92 valence electrons. The molecule has 0 aliphatic carbocycles. The minimum atomic E-state index is 0.725. The third-order valence-corrected chi connectivity index (χ3v) is 4.18. The molecule has 2 saturated heterocycles. The second-order valence-electron chi connectivity index (χ2n) is 4.83. The average molecular weight is 297 g/mol. The van der Waals surface area contributed by atoms with Crippen molar-refractivity contribution in [2.24, 2.45) is 0 Å². The maximum Gasteiger partial charge on any atom is 0.147 e. The second kappa shape index (κ2) is 4.90. The van der Waals surface area contributed by atoms with Gasteiger partial charge in [-0.2, -0.15) is 0 Å². The normalized spacial score (nSPS) is 25.7. The van der Waals surface area contributed by atoms with Crippen LogP contribution >= 0.6 is 15.9 Å². The van der Waals surface area contributed by atoms with Crippen LogP contribution in [0.5, 0.6) is 0 Å². The summed E-state index contributed by atoms with van der Waals surface area (Å²) in [6.45, 7) is 4.63. The number of halogens is 1. The Hall–Kier alpha value is -0.680. The third-order valence-electron chi connectivity index (χ3n) is 3.77. The van der Waals surface area contributed by atoms with Crippen molar-refractivity contribution in [3.8, 4) is 0 Å². The summed E-state index contributed by atoms with van der Waals surface area (Å²) in [5.41, 5.74) is 0. The summed E-state index contributed by atoms with van der Waals surface area (Å²) in [5, 5.41) is 0. The molecule has 0 spiro atoms. The Morgan fingerprint density at radius 3 is 2.88 bits per heavy atom. The molecule has 0 bridgehead atoms. The molecule has 0 saturated carbocycles. The van der Waals surface area contributed by atoms with E-state index in [9.17, 15) is 0 Å². The van der Waals surface area contributed by atoms with Gasteiger partial charge in [-0.15, -0.1) is 0 Å². The standard InChI is InChI=1S/C12H17BrN4/c13-11-7-15-12(8-14-11)17-6-5-16-4-2-1-3-10(16)9-17/h7-8,10H,1-6,9H2. The highest BCUT2D eigenvalue weighted by Crippen LogP contribution is 2.23. The van der Waals surface area contributed by atoms with Crippen LogP contribution in [-0.4, -0.2) is 47.1 Å². The molecule has 1 aromatic heterocycles. The molecule has 17 heavy (non-hydrogen) atoms. The number of anilines is 1. The van der Waals surface area contributed by atoms with Crippen LogP contribution in [-0.2, 0) is 0 Å². The van der Waals surface area contributed by atoms with E-state index in [2.05, 4.69) is 35.7 Å². The molecule has 3 rings (SSSR count). The van der Waals surface area contributed by atoms with Gasteiger partial charge in [0.2, 0.25) is 0 Å². The number of aromatic nitrogens is 2. The van der Waals surface area contributed by atoms with Crippen LogP contribution in [0.15, 0.2) is 17.0 Å². The molecule has 0 N–H and O–H groups in total. The van der Waals surface area contributed by atoms with Crippen LogP contribution in [0.3, 0.4) is 0 Å². The first-order chi connectivity index (χ1) is 8.33. The number of hydrogen-bond donors (Lipinski definition) is 0. The number of fused-ring (bicyclic) bond motifs is 1. The Kier molecular flexibility index (Phi) is 3.29. The van der Waals surface area contributed by atoms with E-state index in [0.717, 1.165) is 29.6 Å². The minimum Gasteiger partial charge on any atom is -0.352 e. The quantitative estimate of drug-likeness (QED) is 0.792. The van der Waals surface area contributed by atoms with E-state index in [1.54, 1.807) is 6.20 Å². The monoisotopic (exact) mass is 296 g/mol. The van der Waals surface area contributed by atoms with Crippen molar-refractivity contribution in [2.75, 3.05) is 31.1 Å². The van der Waals surface area contributed by atoms with Crippen molar-refractivity contribution in [3.05, 3.63) is 17.0 Å². The fourth-order valence-corrected chi connectivity index (χ4v) is 3.04. The van der Waals surface area contributed by atoms with Crippen LogP contribution in [0.25, 0.3) is 0 Å². The number of piperidine rings is 1. The smallest absolute Gasteiger partial charge is 0.147 e. The number of piperazine rings is 1. The first-order valence-corrected chi connectivity index (χ1v) is 7.09. The van der Waals surface area contributed by atoms with Crippen LogP contribution in [0.1, 0.15) is 19.3 Å². The molecule has 1 unspecified atom stereocenters. The van der Waals surface area contributed by atoms with E-state index in [4.69, 9.17) is 0 Å². The molecule has 5 heteroatoms. The van der Waals surface area contributed by atoms with E-state index in [-0.39, 0.29) is 0 Å². The Morgan fingerprint density at radius 1 is 1.12 bits per heavy atom. The summed E-state index contributed by atoms with van der Waals surface area (Å²) in [4.78, 5) is 13.7. The molecule has 2 fully saturated rings. The highest BCUT2D eigenvalue weighted by Gasteiger charge is 2.29. The van der Waals surface area contributed by atoms with E-state index >= 15 is 0 Å². The first kappa shape index (κ1) is 11.4. The number of rotatable bonds is 1. The van der Waals surface area contributed by atoms with Gasteiger partial charge >= 0.3 is 0 Å². The lowest BCUT2D eigenvalue weighted by atomic mass is 9.99. The molecule has 4 nitrogen and oxygen atoms in total. The molecule has 2 aliphatic rings. The van der Waals surface area contributed by atoms with Gasteiger partial charge in [0.1, 0.15) is 10.4 Å². The second-order valence-corrected chi connectivity index (χ2v) is 5.64. The van der Waals surface area contributed by atoms with Crippen LogP contribution in [0.4, 0.5) is 5.82 Å². The molecule has 0 amide bonds. The summed E-state index contributed by atoms with van der Waals surface area (Å²) in [6, 6.07) is 0.725. The highest BCUT2D eigenvalue weighted by atomic mass is 79.9. The molecule has 1 atom stereocenters. The van der Waals surface area contributed by atoms with Gasteiger partial charge in [-0.1, -0.05) is 6.42 Å². The zero-order valence-electron chi connectivity index (χ0n) is 9.85. The fourth-order valence-electron chi connectivity index (χ4n) is 2.83.